The van der Waals surface area contributed by atoms with Crippen molar-refractivity contribution in [1.82, 2.24) is 9.97 Å². The standard InChI is InChI=1S/C14H18F3N3/c1-9(4-3-7-14(15,16)17)18-11-5-6-12-13(8-11)20-10(2)19-12/h5-6,8-9,18H,3-4,7H2,1-2H3,(H,19,20). The molecule has 2 N–H and O–H groups in total. The van der Waals surface area contributed by atoms with Gasteiger partial charge in [-0.1, -0.05) is 0 Å². The average Bonchev–Trinajstić information content (AvgIpc) is 2.66. The second-order valence-electron chi connectivity index (χ2n) is 5.11. The van der Waals surface area contributed by atoms with E-state index in [1.165, 1.54) is 0 Å². The summed E-state index contributed by atoms with van der Waals surface area (Å²) in [6.45, 7) is 3.77. The number of benzene rings is 1. The molecule has 1 unspecified atom stereocenters. The first-order valence-electron chi connectivity index (χ1n) is 6.63. The number of hydrogen-bond donors (Lipinski definition) is 2. The molecule has 0 amide bonds. The second-order valence-corrected chi connectivity index (χ2v) is 5.11. The number of aromatic amines is 1. The number of H-pyrrole nitrogens is 1. The summed E-state index contributed by atoms with van der Waals surface area (Å²) in [6.07, 6.45) is -4.16. The maximum atomic E-state index is 12.1. The van der Waals surface area contributed by atoms with E-state index in [-0.39, 0.29) is 12.5 Å². The highest BCUT2D eigenvalue weighted by Crippen LogP contribution is 2.23. The van der Waals surface area contributed by atoms with Crippen molar-refractivity contribution in [1.29, 1.82) is 0 Å². The van der Waals surface area contributed by atoms with Crippen LogP contribution in [0.25, 0.3) is 11.0 Å². The van der Waals surface area contributed by atoms with Gasteiger partial charge in [0.1, 0.15) is 5.82 Å². The Morgan fingerprint density at radius 3 is 2.80 bits per heavy atom. The smallest absolute Gasteiger partial charge is 0.383 e. The normalized spacial score (nSPS) is 13.7. The van der Waals surface area contributed by atoms with Gasteiger partial charge in [-0.3, -0.25) is 0 Å². The zero-order chi connectivity index (χ0) is 14.8. The highest BCUT2D eigenvalue weighted by molar-refractivity contribution is 5.79. The van der Waals surface area contributed by atoms with Gasteiger partial charge < -0.3 is 10.3 Å². The lowest BCUT2D eigenvalue weighted by Crippen LogP contribution is -2.16. The van der Waals surface area contributed by atoms with Crippen LogP contribution in [0.15, 0.2) is 18.2 Å². The van der Waals surface area contributed by atoms with Gasteiger partial charge in [-0.2, -0.15) is 13.2 Å². The molecule has 1 aromatic heterocycles. The summed E-state index contributed by atoms with van der Waals surface area (Å²) < 4.78 is 36.2. The number of aromatic nitrogens is 2. The number of halogens is 3. The Labute approximate surface area is 115 Å². The van der Waals surface area contributed by atoms with Crippen LogP contribution in [0.3, 0.4) is 0 Å². The van der Waals surface area contributed by atoms with Crippen molar-refractivity contribution in [3.05, 3.63) is 24.0 Å². The highest BCUT2D eigenvalue weighted by Gasteiger charge is 2.26. The topological polar surface area (TPSA) is 40.7 Å². The molecule has 110 valence electrons. The van der Waals surface area contributed by atoms with E-state index < -0.39 is 12.6 Å². The molecule has 0 aliphatic heterocycles. The van der Waals surface area contributed by atoms with Crippen molar-refractivity contribution in [2.24, 2.45) is 0 Å². The molecule has 0 aliphatic carbocycles. The Morgan fingerprint density at radius 2 is 2.10 bits per heavy atom. The molecule has 0 radical (unpaired) electrons. The van der Waals surface area contributed by atoms with Crippen molar-refractivity contribution in [3.8, 4) is 0 Å². The molecule has 0 saturated heterocycles. The van der Waals surface area contributed by atoms with E-state index in [4.69, 9.17) is 0 Å². The van der Waals surface area contributed by atoms with Gasteiger partial charge in [0.2, 0.25) is 0 Å². The molecule has 1 heterocycles. The molecule has 1 aromatic carbocycles. The van der Waals surface area contributed by atoms with Gasteiger partial charge in [-0.05, 0) is 44.9 Å². The van der Waals surface area contributed by atoms with Crippen LogP contribution in [-0.4, -0.2) is 22.2 Å². The van der Waals surface area contributed by atoms with Crippen LogP contribution in [0.1, 0.15) is 32.0 Å². The van der Waals surface area contributed by atoms with E-state index in [0.29, 0.717) is 6.42 Å². The number of imidazole rings is 1. The van der Waals surface area contributed by atoms with Crippen LogP contribution in [0, 0.1) is 6.92 Å². The first-order chi connectivity index (χ1) is 9.33. The Hall–Kier alpha value is -1.72. The van der Waals surface area contributed by atoms with Crippen LogP contribution in [0.4, 0.5) is 18.9 Å². The summed E-state index contributed by atoms with van der Waals surface area (Å²) >= 11 is 0. The summed E-state index contributed by atoms with van der Waals surface area (Å²) in [5.74, 6) is 0.843. The third-order valence-electron chi connectivity index (χ3n) is 3.11. The van der Waals surface area contributed by atoms with Crippen LogP contribution in [0.5, 0.6) is 0 Å². The Bertz CT molecular complexity index is 575. The largest absolute Gasteiger partial charge is 0.389 e. The van der Waals surface area contributed by atoms with Crippen molar-refractivity contribution in [2.45, 2.75) is 45.3 Å². The van der Waals surface area contributed by atoms with E-state index in [1.807, 2.05) is 32.0 Å². The predicted octanol–water partition coefficient (Wildman–Crippen LogP) is 4.40. The lowest BCUT2D eigenvalue weighted by molar-refractivity contribution is -0.135. The summed E-state index contributed by atoms with van der Waals surface area (Å²) in [4.78, 5) is 7.44. The first-order valence-corrected chi connectivity index (χ1v) is 6.63. The van der Waals surface area contributed by atoms with Crippen molar-refractivity contribution < 1.29 is 13.2 Å². The first kappa shape index (κ1) is 14.7. The zero-order valence-electron chi connectivity index (χ0n) is 11.5. The van der Waals surface area contributed by atoms with Crippen molar-refractivity contribution in [3.63, 3.8) is 0 Å². The van der Waals surface area contributed by atoms with Crippen molar-refractivity contribution in [2.75, 3.05) is 5.32 Å². The van der Waals surface area contributed by atoms with Gasteiger partial charge in [0.15, 0.2) is 0 Å². The van der Waals surface area contributed by atoms with Crippen LogP contribution in [0.2, 0.25) is 0 Å². The van der Waals surface area contributed by atoms with Gasteiger partial charge >= 0.3 is 6.18 Å². The maximum Gasteiger partial charge on any atom is 0.389 e. The molecule has 0 bridgehead atoms. The quantitative estimate of drug-likeness (QED) is 0.854. The van der Waals surface area contributed by atoms with E-state index in [1.54, 1.807) is 0 Å². The predicted molar refractivity (Wildman–Crippen MR) is 73.8 cm³/mol. The third-order valence-corrected chi connectivity index (χ3v) is 3.11. The molecule has 0 spiro atoms. The van der Waals surface area contributed by atoms with Gasteiger partial charge in [0, 0.05) is 18.2 Å². The molecular formula is C14H18F3N3. The minimum Gasteiger partial charge on any atom is -0.383 e. The molecule has 0 aliphatic rings. The van der Waals surface area contributed by atoms with Gasteiger partial charge in [-0.25, -0.2) is 4.98 Å². The molecule has 2 rings (SSSR count). The minimum absolute atomic E-state index is 0.00109. The molecular weight excluding hydrogens is 267 g/mol. The fraction of sp³-hybridized carbons (Fsp3) is 0.500. The number of aryl methyl sites for hydroxylation is 1. The van der Waals surface area contributed by atoms with Gasteiger partial charge in [-0.15, -0.1) is 0 Å². The fourth-order valence-electron chi connectivity index (χ4n) is 2.19. The number of nitrogens with zero attached hydrogens (tertiary/aromatic N) is 1. The SMILES string of the molecule is Cc1nc2ccc(NC(C)CCCC(F)(F)F)cc2[nH]1. The number of anilines is 1. The van der Waals surface area contributed by atoms with Gasteiger partial charge in [0.25, 0.3) is 0 Å². The lowest BCUT2D eigenvalue weighted by Gasteiger charge is -2.15. The Kier molecular flexibility index (Phi) is 4.20. The lowest BCUT2D eigenvalue weighted by atomic mass is 10.1. The Balaban J connectivity index is 1.90. The van der Waals surface area contributed by atoms with E-state index in [9.17, 15) is 13.2 Å². The molecule has 2 aromatic rings. The van der Waals surface area contributed by atoms with Gasteiger partial charge in [0.05, 0.1) is 11.0 Å². The van der Waals surface area contributed by atoms with E-state index >= 15 is 0 Å². The summed E-state index contributed by atoms with van der Waals surface area (Å²) in [7, 11) is 0. The van der Waals surface area contributed by atoms with Crippen LogP contribution >= 0.6 is 0 Å². The second kappa shape index (κ2) is 5.73. The number of fused-ring (bicyclic) bond motifs is 1. The van der Waals surface area contributed by atoms with Crippen LogP contribution in [-0.2, 0) is 0 Å². The molecule has 20 heavy (non-hydrogen) atoms. The zero-order valence-corrected chi connectivity index (χ0v) is 11.5. The number of rotatable bonds is 5. The monoisotopic (exact) mass is 285 g/mol. The summed E-state index contributed by atoms with van der Waals surface area (Å²) in [5.41, 5.74) is 2.70. The van der Waals surface area contributed by atoms with Crippen LogP contribution < -0.4 is 5.32 Å². The molecule has 1 atom stereocenters. The molecule has 0 saturated carbocycles. The fourth-order valence-corrected chi connectivity index (χ4v) is 2.19. The third kappa shape index (κ3) is 4.15. The molecule has 0 fully saturated rings. The number of nitrogens with one attached hydrogen (secondary N) is 2. The van der Waals surface area contributed by atoms with Crippen molar-refractivity contribution >= 4 is 16.7 Å². The molecule has 3 nitrogen and oxygen atoms in total. The van der Waals surface area contributed by atoms with E-state index in [0.717, 1.165) is 22.5 Å². The number of alkyl halides is 3. The Morgan fingerprint density at radius 1 is 1.35 bits per heavy atom. The summed E-state index contributed by atoms with van der Waals surface area (Å²) in [5, 5.41) is 3.21. The number of hydrogen-bond acceptors (Lipinski definition) is 2. The average molecular weight is 285 g/mol. The maximum absolute atomic E-state index is 12.1. The minimum atomic E-state index is -4.06. The highest BCUT2D eigenvalue weighted by atomic mass is 19.4. The van der Waals surface area contributed by atoms with E-state index in [2.05, 4.69) is 15.3 Å². The molecule has 6 heteroatoms. The summed E-state index contributed by atoms with van der Waals surface area (Å²) in [6, 6.07) is 5.71.